The Hall–Kier alpha value is -2.68. The van der Waals surface area contributed by atoms with Crippen LogP contribution < -0.4 is 4.74 Å². The quantitative estimate of drug-likeness (QED) is 0.704. The van der Waals surface area contributed by atoms with Crippen LogP contribution in [-0.4, -0.2) is 19.2 Å². The number of aromatic nitrogens is 1. The van der Waals surface area contributed by atoms with Crippen LogP contribution in [-0.2, 0) is 10.2 Å². The summed E-state index contributed by atoms with van der Waals surface area (Å²) in [5, 5.41) is 1.20. The van der Waals surface area contributed by atoms with Crippen molar-refractivity contribution in [3.8, 4) is 5.75 Å². The van der Waals surface area contributed by atoms with Crippen molar-refractivity contribution in [1.29, 1.82) is 0 Å². The molecule has 3 aromatic rings. The Morgan fingerprint density at radius 3 is 2.52 bits per heavy atom. The molecule has 3 nitrogen and oxygen atoms in total. The van der Waals surface area contributed by atoms with Crippen LogP contribution in [0.1, 0.15) is 30.9 Å². The Kier molecular flexibility index (Phi) is 3.79. The molecule has 0 fully saturated rings. The van der Waals surface area contributed by atoms with E-state index >= 15 is 0 Å². The van der Waals surface area contributed by atoms with E-state index in [9.17, 15) is 0 Å². The fourth-order valence-electron chi connectivity index (χ4n) is 4.14. The second kappa shape index (κ2) is 5.99. The molecule has 1 aliphatic rings. The Bertz CT molecular complexity index is 939. The molecule has 0 saturated heterocycles. The lowest BCUT2D eigenvalue weighted by Crippen LogP contribution is -2.22. The largest absolute Gasteiger partial charge is 0.500 e. The number of allylic oxidation sites excluding steroid dienone is 2. The third kappa shape index (κ3) is 2.42. The molecule has 0 bridgehead atoms. The Morgan fingerprint density at radius 1 is 1.00 bits per heavy atom. The molecule has 1 N–H and O–H groups in total. The number of hydrogen-bond acceptors (Lipinski definition) is 2. The van der Waals surface area contributed by atoms with Crippen molar-refractivity contribution in [2.24, 2.45) is 0 Å². The van der Waals surface area contributed by atoms with Crippen LogP contribution in [0.15, 0.2) is 60.5 Å². The number of ether oxygens (including phenoxy) is 2. The van der Waals surface area contributed by atoms with E-state index < -0.39 is 0 Å². The summed E-state index contributed by atoms with van der Waals surface area (Å²) in [5.41, 5.74) is 4.80. The van der Waals surface area contributed by atoms with Gasteiger partial charge >= 0.3 is 0 Å². The standard InChI is InChI=1S/C22H23NO2/c1-22(19-14-23-20-10-9-16(24-2)13-18(19)20)12-11-17(21(22)25-3)15-7-5-4-6-8-15/h4-10,13-14,23H,11-12H2,1-3H3. The van der Waals surface area contributed by atoms with E-state index in [-0.39, 0.29) is 5.41 Å². The van der Waals surface area contributed by atoms with Crippen LogP contribution in [0.3, 0.4) is 0 Å². The van der Waals surface area contributed by atoms with Gasteiger partial charge in [-0.05, 0) is 54.7 Å². The zero-order valence-corrected chi connectivity index (χ0v) is 14.9. The van der Waals surface area contributed by atoms with Gasteiger partial charge in [0, 0.05) is 17.1 Å². The zero-order chi connectivity index (χ0) is 17.4. The first-order chi connectivity index (χ1) is 12.2. The molecular weight excluding hydrogens is 310 g/mol. The van der Waals surface area contributed by atoms with E-state index in [4.69, 9.17) is 9.47 Å². The maximum atomic E-state index is 5.96. The van der Waals surface area contributed by atoms with Gasteiger partial charge in [0.25, 0.3) is 0 Å². The topological polar surface area (TPSA) is 34.2 Å². The molecule has 0 radical (unpaired) electrons. The van der Waals surface area contributed by atoms with Gasteiger partial charge < -0.3 is 14.5 Å². The van der Waals surface area contributed by atoms with E-state index in [1.54, 1.807) is 14.2 Å². The van der Waals surface area contributed by atoms with Gasteiger partial charge in [0.1, 0.15) is 11.5 Å². The van der Waals surface area contributed by atoms with Gasteiger partial charge in [-0.15, -0.1) is 0 Å². The molecule has 1 unspecified atom stereocenters. The summed E-state index contributed by atoms with van der Waals surface area (Å²) in [6.45, 7) is 2.28. The summed E-state index contributed by atoms with van der Waals surface area (Å²) in [4.78, 5) is 3.41. The molecule has 0 amide bonds. The van der Waals surface area contributed by atoms with Gasteiger partial charge in [-0.3, -0.25) is 0 Å². The number of hydrogen-bond donors (Lipinski definition) is 1. The minimum Gasteiger partial charge on any atom is -0.500 e. The maximum Gasteiger partial charge on any atom is 0.119 e. The first-order valence-corrected chi connectivity index (χ1v) is 8.66. The van der Waals surface area contributed by atoms with Crippen molar-refractivity contribution >= 4 is 16.5 Å². The number of fused-ring (bicyclic) bond motifs is 1. The van der Waals surface area contributed by atoms with E-state index in [1.165, 1.54) is 22.1 Å². The number of rotatable bonds is 4. The molecule has 25 heavy (non-hydrogen) atoms. The number of methoxy groups -OCH3 is 2. The van der Waals surface area contributed by atoms with Crippen LogP contribution in [0.4, 0.5) is 0 Å². The van der Waals surface area contributed by atoms with Crippen molar-refractivity contribution in [3.63, 3.8) is 0 Å². The molecule has 0 saturated carbocycles. The SMILES string of the molecule is COC1=C(c2ccccc2)CCC1(C)c1c[nH]c2ccc(OC)cc12. The molecule has 1 atom stereocenters. The number of H-pyrrole nitrogens is 1. The summed E-state index contributed by atoms with van der Waals surface area (Å²) >= 11 is 0. The fraction of sp³-hybridized carbons (Fsp3) is 0.273. The zero-order valence-electron chi connectivity index (χ0n) is 14.9. The normalized spacial score (nSPS) is 20.3. The highest BCUT2D eigenvalue weighted by Crippen LogP contribution is 2.50. The molecule has 0 spiro atoms. The number of nitrogens with one attached hydrogen (secondary N) is 1. The van der Waals surface area contributed by atoms with Crippen molar-refractivity contribution < 1.29 is 9.47 Å². The first kappa shape index (κ1) is 15.8. The van der Waals surface area contributed by atoms with Gasteiger partial charge in [-0.2, -0.15) is 0 Å². The molecular formula is C22H23NO2. The van der Waals surface area contributed by atoms with Crippen molar-refractivity contribution in [2.75, 3.05) is 14.2 Å². The Labute approximate surface area is 148 Å². The average Bonchev–Trinajstić information content (AvgIpc) is 3.23. The smallest absolute Gasteiger partial charge is 0.119 e. The summed E-state index contributed by atoms with van der Waals surface area (Å²) < 4.78 is 11.4. The third-order valence-electron chi connectivity index (χ3n) is 5.46. The Morgan fingerprint density at radius 2 is 1.80 bits per heavy atom. The highest BCUT2D eigenvalue weighted by atomic mass is 16.5. The predicted octanol–water partition coefficient (Wildman–Crippen LogP) is 5.29. The molecule has 4 rings (SSSR count). The predicted molar refractivity (Wildman–Crippen MR) is 102 cm³/mol. The van der Waals surface area contributed by atoms with Crippen LogP contribution in [0.25, 0.3) is 16.5 Å². The highest BCUT2D eigenvalue weighted by molar-refractivity contribution is 5.87. The second-order valence-corrected chi connectivity index (χ2v) is 6.82. The molecule has 0 aliphatic heterocycles. The minimum absolute atomic E-state index is 0.148. The molecule has 1 aromatic heterocycles. The molecule has 3 heteroatoms. The van der Waals surface area contributed by atoms with Gasteiger partial charge in [0.05, 0.1) is 19.6 Å². The molecule has 128 valence electrons. The van der Waals surface area contributed by atoms with Crippen LogP contribution in [0.5, 0.6) is 5.75 Å². The fourth-order valence-corrected chi connectivity index (χ4v) is 4.14. The lowest BCUT2D eigenvalue weighted by molar-refractivity contribution is 0.236. The lowest BCUT2D eigenvalue weighted by atomic mass is 9.80. The van der Waals surface area contributed by atoms with Crippen molar-refractivity contribution in [3.05, 3.63) is 71.6 Å². The van der Waals surface area contributed by atoms with Gasteiger partial charge in [0.15, 0.2) is 0 Å². The van der Waals surface area contributed by atoms with Crippen molar-refractivity contribution in [2.45, 2.75) is 25.2 Å². The minimum atomic E-state index is -0.148. The highest BCUT2D eigenvalue weighted by Gasteiger charge is 2.41. The molecule has 2 aromatic carbocycles. The van der Waals surface area contributed by atoms with E-state index in [0.717, 1.165) is 29.9 Å². The Balaban J connectivity index is 1.88. The van der Waals surface area contributed by atoms with E-state index in [0.29, 0.717) is 0 Å². The van der Waals surface area contributed by atoms with E-state index in [2.05, 4.69) is 60.6 Å². The van der Waals surface area contributed by atoms with Crippen LogP contribution >= 0.6 is 0 Å². The summed E-state index contributed by atoms with van der Waals surface area (Å²) in [5.74, 6) is 1.95. The van der Waals surface area contributed by atoms with Gasteiger partial charge in [0.2, 0.25) is 0 Å². The molecule has 1 aliphatic carbocycles. The maximum absolute atomic E-state index is 5.96. The summed E-state index contributed by atoms with van der Waals surface area (Å²) in [7, 11) is 3.50. The van der Waals surface area contributed by atoms with Crippen LogP contribution in [0.2, 0.25) is 0 Å². The molecule has 1 heterocycles. The summed E-state index contributed by atoms with van der Waals surface area (Å²) in [6.07, 6.45) is 4.17. The second-order valence-electron chi connectivity index (χ2n) is 6.82. The lowest BCUT2D eigenvalue weighted by Gasteiger charge is -2.27. The van der Waals surface area contributed by atoms with E-state index in [1.807, 2.05) is 6.07 Å². The number of benzene rings is 2. The monoisotopic (exact) mass is 333 g/mol. The van der Waals surface area contributed by atoms with Crippen molar-refractivity contribution in [1.82, 2.24) is 4.98 Å². The van der Waals surface area contributed by atoms with Gasteiger partial charge in [-0.25, -0.2) is 0 Å². The summed E-state index contributed by atoms with van der Waals surface area (Å²) in [6, 6.07) is 16.7. The first-order valence-electron chi connectivity index (χ1n) is 8.66. The van der Waals surface area contributed by atoms with Gasteiger partial charge in [-0.1, -0.05) is 30.3 Å². The number of aromatic amines is 1. The third-order valence-corrected chi connectivity index (χ3v) is 5.46. The average molecular weight is 333 g/mol. The van der Waals surface area contributed by atoms with Crippen LogP contribution in [0, 0.1) is 0 Å².